The Morgan fingerprint density at radius 1 is 0.724 bits per heavy atom. The van der Waals surface area contributed by atoms with Gasteiger partial charge in [-0.2, -0.15) is 0 Å². The molecule has 0 radical (unpaired) electrons. The van der Waals surface area contributed by atoms with Crippen LogP contribution in [0, 0.1) is 11.2 Å². The summed E-state index contributed by atoms with van der Waals surface area (Å²) in [4.78, 5) is 24.4. The molecule has 1 fully saturated rings. The Morgan fingerprint density at radius 2 is 1.31 bits per heavy atom. The summed E-state index contributed by atoms with van der Waals surface area (Å²) >= 11 is 0. The van der Waals surface area contributed by atoms with Crippen LogP contribution in [-0.4, -0.2) is 55.2 Å². The lowest BCUT2D eigenvalue weighted by molar-refractivity contribution is -0.139. The summed E-state index contributed by atoms with van der Waals surface area (Å²) in [5.41, 5.74) is 7.48. The van der Waals surface area contributed by atoms with Crippen molar-refractivity contribution in [3.8, 4) is 28.0 Å². The zero-order chi connectivity index (χ0) is 42.1. The number of rotatable bonds is 24. The van der Waals surface area contributed by atoms with E-state index < -0.39 is 17.4 Å². The van der Waals surface area contributed by atoms with Crippen LogP contribution in [0.5, 0.6) is 5.75 Å². The smallest absolute Gasteiger partial charge is 0.333 e. The first-order valence-electron chi connectivity index (χ1n) is 21.5. The van der Waals surface area contributed by atoms with Crippen LogP contribution < -0.4 is 4.74 Å². The molecule has 0 spiro atoms. The summed E-state index contributed by atoms with van der Waals surface area (Å²) in [6.45, 7) is 15.3. The van der Waals surface area contributed by atoms with Crippen LogP contribution in [0.25, 0.3) is 22.3 Å². The fraction of sp³-hybridized carbons (Fsp3) is 0.520. The molecule has 0 bridgehead atoms. The Morgan fingerprint density at radius 3 is 1.84 bits per heavy atom. The second-order valence-electron chi connectivity index (χ2n) is 16.3. The average molecular weight is 799 g/mol. The summed E-state index contributed by atoms with van der Waals surface area (Å²) in [7, 11) is 0. The lowest BCUT2D eigenvalue weighted by atomic mass is 9.81. The molecule has 7 nitrogen and oxygen atoms in total. The zero-order valence-electron chi connectivity index (χ0n) is 35.6. The molecule has 0 heterocycles. The highest BCUT2D eigenvalue weighted by Crippen LogP contribution is 2.39. The molecule has 1 aliphatic rings. The van der Waals surface area contributed by atoms with Gasteiger partial charge in [0.25, 0.3) is 0 Å². The van der Waals surface area contributed by atoms with Crippen molar-refractivity contribution < 1.29 is 38.4 Å². The second-order valence-corrected chi connectivity index (χ2v) is 16.3. The molecule has 0 atom stereocenters. The van der Waals surface area contributed by atoms with E-state index in [1.165, 1.54) is 19.3 Å². The summed E-state index contributed by atoms with van der Waals surface area (Å²) in [5.74, 6) is 0.0655. The Balaban J connectivity index is 1.72. The second kappa shape index (κ2) is 23.4. The lowest BCUT2D eigenvalue weighted by Gasteiger charge is -2.30. The number of hydrogen-bond acceptors (Lipinski definition) is 7. The highest BCUT2D eigenvalue weighted by atomic mass is 19.1. The van der Waals surface area contributed by atoms with Gasteiger partial charge in [0.1, 0.15) is 11.6 Å². The van der Waals surface area contributed by atoms with E-state index >= 15 is 4.39 Å². The number of hydrogen-bond donors (Lipinski definition) is 2. The molecule has 3 aromatic carbocycles. The van der Waals surface area contributed by atoms with Crippen molar-refractivity contribution >= 4 is 11.9 Å². The summed E-state index contributed by atoms with van der Waals surface area (Å²) in [6, 6.07) is 16.2. The van der Waals surface area contributed by atoms with E-state index in [1.54, 1.807) is 19.9 Å². The van der Waals surface area contributed by atoms with Gasteiger partial charge in [0, 0.05) is 22.1 Å². The predicted octanol–water partition coefficient (Wildman–Crippen LogP) is 11.2. The number of carbonyl (C=O) groups excluding carboxylic acids is 2. The molecule has 58 heavy (non-hydrogen) atoms. The normalized spacial score (nSPS) is 13.3. The Bertz CT molecular complexity index is 1780. The van der Waals surface area contributed by atoms with Crippen LogP contribution >= 0.6 is 0 Å². The number of ether oxygens (including phenoxy) is 3. The lowest BCUT2D eigenvalue weighted by Crippen LogP contribution is -2.32. The quantitative estimate of drug-likeness (QED) is 0.0528. The van der Waals surface area contributed by atoms with Crippen LogP contribution in [0.3, 0.4) is 0 Å². The van der Waals surface area contributed by atoms with E-state index in [9.17, 15) is 19.8 Å². The fourth-order valence-corrected chi connectivity index (χ4v) is 7.97. The van der Waals surface area contributed by atoms with Gasteiger partial charge in [0.05, 0.1) is 33.0 Å². The molecule has 8 heteroatoms. The summed E-state index contributed by atoms with van der Waals surface area (Å²) in [5, 5.41) is 20.8. The first-order valence-corrected chi connectivity index (χ1v) is 21.5. The van der Waals surface area contributed by atoms with Gasteiger partial charge in [0.2, 0.25) is 0 Å². The molecule has 0 aromatic heterocycles. The Hall–Kier alpha value is -4.27. The van der Waals surface area contributed by atoms with E-state index in [4.69, 9.17) is 14.2 Å². The number of aliphatic hydroxyl groups excluding tert-OH is 2. The maximum absolute atomic E-state index is 15.8. The van der Waals surface area contributed by atoms with Crippen LogP contribution in [0.15, 0.2) is 72.8 Å². The van der Waals surface area contributed by atoms with Crippen molar-refractivity contribution in [2.75, 3.05) is 33.0 Å². The van der Waals surface area contributed by atoms with Gasteiger partial charge >= 0.3 is 11.9 Å². The largest absolute Gasteiger partial charge is 0.493 e. The van der Waals surface area contributed by atoms with Gasteiger partial charge in [-0.05, 0) is 135 Å². The standard InChI is InChI=1S/C50H67FO7/c1-7-9-13-24-50(33-52,34-53)25-28-56-47-41(18-14-26-57-48(54)35(3)4)30-43(31-42(47)19-15-27-58-49(55)36(5)6)44-22-21-40(29-37(44)8-2)45-23-20-39(32-46(45)51)38-16-11-10-12-17-38/h20-23,29-32,38,52-53H,3,5,7-19,24-28,33-34H2,1-2,4,6H3. The van der Waals surface area contributed by atoms with Crippen molar-refractivity contribution in [1.82, 2.24) is 0 Å². The Labute approximate surface area is 346 Å². The van der Waals surface area contributed by atoms with Gasteiger partial charge in [-0.15, -0.1) is 0 Å². The average Bonchev–Trinajstić information content (AvgIpc) is 3.23. The van der Waals surface area contributed by atoms with E-state index in [0.29, 0.717) is 66.9 Å². The van der Waals surface area contributed by atoms with Crippen LogP contribution in [0.2, 0.25) is 0 Å². The molecule has 316 valence electrons. The molecule has 1 saturated carbocycles. The minimum atomic E-state index is -0.656. The minimum Gasteiger partial charge on any atom is -0.493 e. The SMILES string of the molecule is C=C(C)C(=O)OCCCc1cc(-c2ccc(-c3ccc(C4CCCCC4)cc3F)cc2CC)cc(CCCOC(=O)C(=C)C)c1OCCC(CO)(CO)CCCCC. The third-order valence-corrected chi connectivity index (χ3v) is 11.6. The number of aliphatic hydroxyl groups is 2. The first kappa shape index (κ1) is 46.4. The summed E-state index contributed by atoms with van der Waals surface area (Å²) < 4.78 is 33.3. The van der Waals surface area contributed by atoms with Crippen molar-refractivity contribution in [2.45, 2.75) is 130 Å². The number of halogens is 1. The van der Waals surface area contributed by atoms with Gasteiger partial charge < -0.3 is 24.4 Å². The van der Waals surface area contributed by atoms with E-state index in [2.05, 4.69) is 57.3 Å². The van der Waals surface area contributed by atoms with Gasteiger partial charge in [-0.3, -0.25) is 0 Å². The zero-order valence-corrected chi connectivity index (χ0v) is 35.6. The van der Waals surface area contributed by atoms with Crippen LogP contribution in [-0.2, 0) is 38.3 Å². The molecule has 0 saturated heterocycles. The van der Waals surface area contributed by atoms with Gasteiger partial charge in [-0.25, -0.2) is 14.0 Å². The number of unbranched alkanes of at least 4 members (excludes halogenated alkanes) is 2. The molecule has 1 aliphatic carbocycles. The maximum Gasteiger partial charge on any atom is 0.333 e. The molecule has 4 rings (SSSR count). The van der Waals surface area contributed by atoms with Crippen molar-refractivity contribution in [3.63, 3.8) is 0 Å². The number of carbonyl (C=O) groups is 2. The van der Waals surface area contributed by atoms with Gasteiger partial charge in [-0.1, -0.05) is 95.9 Å². The summed E-state index contributed by atoms with van der Waals surface area (Å²) in [6.07, 6.45) is 12.9. The molecule has 0 unspecified atom stereocenters. The Kier molecular flexibility index (Phi) is 18.7. The predicted molar refractivity (Wildman–Crippen MR) is 232 cm³/mol. The number of aryl methyl sites for hydroxylation is 3. The maximum atomic E-state index is 15.8. The van der Waals surface area contributed by atoms with E-state index in [1.807, 2.05) is 12.1 Å². The topological polar surface area (TPSA) is 102 Å². The molecule has 2 N–H and O–H groups in total. The highest BCUT2D eigenvalue weighted by molar-refractivity contribution is 5.87. The molecule has 0 aliphatic heterocycles. The number of benzene rings is 3. The molecular weight excluding hydrogens is 732 g/mol. The monoisotopic (exact) mass is 798 g/mol. The number of esters is 2. The van der Waals surface area contributed by atoms with E-state index in [-0.39, 0.29) is 38.9 Å². The third kappa shape index (κ3) is 13.1. The van der Waals surface area contributed by atoms with E-state index in [0.717, 1.165) is 77.5 Å². The molecule has 3 aromatic rings. The van der Waals surface area contributed by atoms with Crippen molar-refractivity contribution in [1.29, 1.82) is 0 Å². The van der Waals surface area contributed by atoms with Crippen LogP contribution in [0.4, 0.5) is 4.39 Å². The van der Waals surface area contributed by atoms with Crippen molar-refractivity contribution in [2.24, 2.45) is 5.41 Å². The third-order valence-electron chi connectivity index (χ3n) is 11.6. The van der Waals surface area contributed by atoms with Gasteiger partial charge in [0.15, 0.2) is 0 Å². The van der Waals surface area contributed by atoms with Crippen molar-refractivity contribution in [3.05, 3.63) is 101 Å². The fourth-order valence-electron chi connectivity index (χ4n) is 7.97. The highest BCUT2D eigenvalue weighted by Gasteiger charge is 2.29. The van der Waals surface area contributed by atoms with Crippen LogP contribution in [0.1, 0.15) is 133 Å². The minimum absolute atomic E-state index is 0.137. The molecule has 0 amide bonds. The molecular formula is C50H67FO7. The first-order chi connectivity index (χ1) is 27.9.